The molecule has 0 saturated carbocycles. The van der Waals surface area contributed by atoms with Crippen molar-refractivity contribution in [2.75, 3.05) is 0 Å². The fraction of sp³-hybridized carbons (Fsp3) is 0. The molecule has 5 heterocycles. The van der Waals surface area contributed by atoms with Crippen molar-refractivity contribution in [3.8, 4) is 78.1 Å². The Labute approximate surface area is 497 Å². The van der Waals surface area contributed by atoms with E-state index in [1.165, 1.54) is 0 Å². The van der Waals surface area contributed by atoms with Gasteiger partial charge in [-0.05, 0) is 72.8 Å². The third kappa shape index (κ3) is 9.07. The first-order valence-electron chi connectivity index (χ1n) is 25.0. The van der Waals surface area contributed by atoms with E-state index >= 15 is 0 Å². The third-order valence-electron chi connectivity index (χ3n) is 13.9. The van der Waals surface area contributed by atoms with Crippen molar-refractivity contribution in [3.63, 3.8) is 0 Å². The van der Waals surface area contributed by atoms with E-state index in [4.69, 9.17) is 103 Å². The second-order valence-corrected chi connectivity index (χ2v) is 21.9. The fourth-order valence-electron chi connectivity index (χ4n) is 10.5. The van der Waals surface area contributed by atoms with E-state index in [0.29, 0.717) is 163 Å². The summed E-state index contributed by atoms with van der Waals surface area (Å²) >= 11 is 59.1. The predicted octanol–water partition coefficient (Wildman–Crippen LogP) is 21.5. The van der Waals surface area contributed by atoms with Crippen molar-refractivity contribution in [1.29, 1.82) is 0 Å². The Balaban J connectivity index is 1.40. The molecular formula is C64H38Cl8N8. The number of H-pyrrole nitrogens is 4. The summed E-state index contributed by atoms with van der Waals surface area (Å²) in [5.74, 6) is 0. The zero-order valence-electron chi connectivity index (χ0n) is 41.4. The summed E-state index contributed by atoms with van der Waals surface area (Å²) in [6.45, 7) is 0. The predicted molar refractivity (Wildman–Crippen MR) is 336 cm³/mol. The van der Waals surface area contributed by atoms with Gasteiger partial charge in [0.15, 0.2) is 0 Å². The molecule has 0 atom stereocenters. The maximum Gasteiger partial charge on any atom is 0.149 e. The largest absolute Gasteiger partial charge is 0.327 e. The average molecular weight is 1200 g/mol. The highest BCUT2D eigenvalue weighted by molar-refractivity contribution is 6.38. The first kappa shape index (κ1) is 51.8. The van der Waals surface area contributed by atoms with Gasteiger partial charge in [0.1, 0.15) is 45.2 Å². The monoisotopic (exact) mass is 1200 g/mol. The SMILES string of the molecule is Clc1ccccc1-c1c(-c2ccccc2Cl)c2[nH]c1[nH]c1c(-c3ccccc3Cl)c(-c3ccccc3Cl)c(nc3ccc(nc4c(-c5ccccc5Cl)c(-c5ccccc5Cl)c([nH]2)n4-c2ccccc2Cl)[nH]3)n1-c1ccccc1Cl. The molecule has 8 nitrogen and oxygen atoms in total. The molecule has 8 aromatic carbocycles. The topological polar surface area (TPSA) is 98.8 Å². The van der Waals surface area contributed by atoms with E-state index in [2.05, 4.69) is 19.9 Å². The molecule has 80 heavy (non-hydrogen) atoms. The number of rotatable bonds is 8. The Bertz CT molecular complexity index is 4460. The Hall–Kier alpha value is -7.60. The van der Waals surface area contributed by atoms with Crippen LogP contribution >= 0.6 is 92.8 Å². The molecule has 390 valence electrons. The van der Waals surface area contributed by atoms with Crippen molar-refractivity contribution in [2.24, 2.45) is 0 Å². The molecule has 0 aliphatic heterocycles. The lowest BCUT2D eigenvalue weighted by Crippen LogP contribution is -1.99. The standard InChI is InChI=1S/C64H38Cl8N8/c65-41-23-7-1-17-35(41)53-54(36-18-2-8-24-42(36)66)60-76-59(53)77-63-57(39-21-5-11-27-45(39)69)55(37-19-3-9-25-43(37)67)61(79(63)49-31-15-13-29-47(49)71)74-51-33-34-52(73-51)75-62-56(38-20-4-10-26-44(38)68)58(40-22-6-12-28-46(40)70)64(78-60)80(62)50-32-16-14-30-48(50)72/h1-34,76-78H,(H,73,74,75). The van der Waals surface area contributed by atoms with Crippen molar-refractivity contribution in [1.82, 2.24) is 39.0 Å². The summed E-state index contributed by atoms with van der Waals surface area (Å²) in [5.41, 5.74) is 12.8. The number of aromatic amines is 4. The molecule has 0 aliphatic rings. The minimum Gasteiger partial charge on any atom is -0.327 e. The zero-order chi connectivity index (χ0) is 54.8. The van der Waals surface area contributed by atoms with E-state index in [1.54, 1.807) is 0 Å². The van der Waals surface area contributed by atoms with Gasteiger partial charge in [-0.15, -0.1) is 0 Å². The molecule has 16 heteroatoms. The second-order valence-electron chi connectivity index (χ2n) is 18.6. The molecule has 0 radical (unpaired) electrons. The maximum atomic E-state index is 7.44. The van der Waals surface area contributed by atoms with Crippen LogP contribution < -0.4 is 0 Å². The van der Waals surface area contributed by atoms with Crippen LogP contribution in [0.5, 0.6) is 0 Å². The first-order chi connectivity index (χ1) is 39.0. The second kappa shape index (κ2) is 21.5. The molecule has 0 aliphatic carbocycles. The highest BCUT2D eigenvalue weighted by Gasteiger charge is 2.30. The molecule has 0 fully saturated rings. The minimum absolute atomic E-state index is 0.432. The molecule has 0 saturated heterocycles. The normalized spacial score (nSPS) is 11.5. The number of hydrogen-bond donors (Lipinski definition) is 4. The number of nitrogens with zero attached hydrogens (tertiary/aromatic N) is 4. The van der Waals surface area contributed by atoms with Gasteiger partial charge in [-0.3, -0.25) is 9.13 Å². The molecule has 0 unspecified atom stereocenters. The van der Waals surface area contributed by atoms with E-state index < -0.39 is 0 Å². The van der Waals surface area contributed by atoms with Crippen molar-refractivity contribution < 1.29 is 0 Å². The maximum absolute atomic E-state index is 7.44. The third-order valence-corrected chi connectivity index (χ3v) is 16.5. The van der Waals surface area contributed by atoms with Gasteiger partial charge in [0.25, 0.3) is 0 Å². The first-order valence-corrected chi connectivity index (χ1v) is 28.1. The van der Waals surface area contributed by atoms with Crippen molar-refractivity contribution in [2.45, 2.75) is 0 Å². The van der Waals surface area contributed by atoms with Gasteiger partial charge in [0, 0.05) is 96.9 Å². The van der Waals surface area contributed by atoms with Crippen molar-refractivity contribution >= 4 is 138 Å². The van der Waals surface area contributed by atoms with Gasteiger partial charge in [0.05, 0.1) is 21.4 Å². The van der Waals surface area contributed by atoms with Crippen LogP contribution in [0.3, 0.4) is 0 Å². The van der Waals surface area contributed by atoms with Gasteiger partial charge in [-0.1, -0.05) is 226 Å². The number of hydrogen-bond acceptors (Lipinski definition) is 2. The summed E-state index contributed by atoms with van der Waals surface area (Å²) in [4.78, 5) is 26.5. The average Bonchev–Trinajstić information content (AvgIpc) is 4.22. The molecule has 13 aromatic rings. The molecule has 13 rings (SSSR count). The number of halogens is 8. The smallest absolute Gasteiger partial charge is 0.149 e. The van der Waals surface area contributed by atoms with E-state index in [9.17, 15) is 0 Å². The van der Waals surface area contributed by atoms with E-state index in [0.717, 1.165) is 0 Å². The fourth-order valence-corrected chi connectivity index (χ4v) is 12.3. The van der Waals surface area contributed by atoms with Gasteiger partial charge < -0.3 is 19.9 Å². The number of benzene rings is 8. The highest BCUT2D eigenvalue weighted by atomic mass is 35.5. The lowest BCUT2D eigenvalue weighted by atomic mass is 9.97. The molecule has 0 amide bonds. The van der Waals surface area contributed by atoms with Crippen LogP contribution in [-0.4, -0.2) is 39.0 Å². The van der Waals surface area contributed by atoms with Crippen molar-refractivity contribution in [3.05, 3.63) is 246 Å². The summed E-state index contributed by atoms with van der Waals surface area (Å²) in [6, 6.07) is 64.8. The summed E-state index contributed by atoms with van der Waals surface area (Å²) in [5, 5.41) is 3.65. The molecule has 8 bridgehead atoms. The van der Waals surface area contributed by atoms with Crippen LogP contribution in [-0.2, 0) is 0 Å². The summed E-state index contributed by atoms with van der Waals surface area (Å²) in [6.07, 6.45) is 0. The van der Waals surface area contributed by atoms with Gasteiger partial charge in [0.2, 0.25) is 0 Å². The lowest BCUT2D eigenvalue weighted by molar-refractivity contribution is 1.10. The Morgan fingerprint density at radius 3 is 0.812 bits per heavy atom. The highest BCUT2D eigenvalue weighted by Crippen LogP contribution is 2.50. The van der Waals surface area contributed by atoms with Crippen LogP contribution in [0.15, 0.2) is 206 Å². The van der Waals surface area contributed by atoms with E-state index in [-0.39, 0.29) is 0 Å². The quantitative estimate of drug-likeness (QED) is 0.122. The number of para-hydroxylation sites is 2. The Kier molecular flexibility index (Phi) is 13.9. The number of aromatic nitrogens is 8. The molecular weight excluding hydrogens is 1160 g/mol. The van der Waals surface area contributed by atoms with Gasteiger partial charge >= 0.3 is 0 Å². The van der Waals surface area contributed by atoms with Gasteiger partial charge in [-0.25, -0.2) is 9.97 Å². The molecule has 0 spiro atoms. The number of nitrogens with one attached hydrogen (secondary N) is 4. The van der Waals surface area contributed by atoms with E-state index in [1.807, 2.05) is 215 Å². The van der Waals surface area contributed by atoms with Crippen LogP contribution in [0.4, 0.5) is 0 Å². The molecule has 5 aromatic heterocycles. The van der Waals surface area contributed by atoms with Crippen LogP contribution in [0.25, 0.3) is 123 Å². The Morgan fingerprint density at radius 1 is 0.250 bits per heavy atom. The number of fused-ring (bicyclic) bond motifs is 8. The van der Waals surface area contributed by atoms with Crippen LogP contribution in [0.1, 0.15) is 0 Å². The van der Waals surface area contributed by atoms with Crippen LogP contribution in [0, 0.1) is 0 Å². The minimum atomic E-state index is 0.432. The van der Waals surface area contributed by atoms with Crippen LogP contribution in [0.2, 0.25) is 40.2 Å². The zero-order valence-corrected chi connectivity index (χ0v) is 47.5. The molecule has 4 N–H and O–H groups in total. The summed E-state index contributed by atoms with van der Waals surface area (Å²) < 4.78 is 3.98. The lowest BCUT2D eigenvalue weighted by Gasteiger charge is -2.12. The Morgan fingerprint density at radius 2 is 0.512 bits per heavy atom. The summed E-state index contributed by atoms with van der Waals surface area (Å²) in [7, 11) is 0. The van der Waals surface area contributed by atoms with Gasteiger partial charge in [-0.2, -0.15) is 0 Å².